The fraction of sp³-hybridized carbons (Fsp3) is 0.696. The third kappa shape index (κ3) is 3.87. The summed E-state index contributed by atoms with van der Waals surface area (Å²) >= 11 is 0. The van der Waals surface area contributed by atoms with Crippen molar-refractivity contribution in [2.45, 2.75) is 76.9 Å². The van der Waals surface area contributed by atoms with Crippen molar-refractivity contribution < 1.29 is 14.6 Å². The summed E-state index contributed by atoms with van der Waals surface area (Å²) < 4.78 is 6.21. The van der Waals surface area contributed by atoms with Crippen LogP contribution in [0, 0.1) is 11.3 Å². The quantitative estimate of drug-likeness (QED) is 0.866. The van der Waals surface area contributed by atoms with Crippen LogP contribution in [0.4, 0.5) is 0 Å². The molecule has 3 fully saturated rings. The molecule has 3 aliphatic rings. The molecule has 2 saturated carbocycles. The number of amides is 1. The third-order valence-electron chi connectivity index (χ3n) is 6.93. The second-order valence-electron chi connectivity index (χ2n) is 9.84. The molecule has 1 N–H and O–H groups in total. The standard InChI is InChI=1S/C23H33NO3/c1-16(2)17-4-6-19(7-5-17)27-20-8-10-23(11-9-20)14-24(15-23)21(25)18-12-22(3,26)13-18/h4-7,16,18,20,26H,8-15H2,1-3H3. The summed E-state index contributed by atoms with van der Waals surface area (Å²) in [4.78, 5) is 14.5. The lowest BCUT2D eigenvalue weighted by molar-refractivity contribution is -0.164. The van der Waals surface area contributed by atoms with Gasteiger partial charge in [-0.1, -0.05) is 26.0 Å². The second kappa shape index (κ2) is 6.80. The number of carbonyl (C=O) groups excluding carboxylic acids is 1. The van der Waals surface area contributed by atoms with Crippen molar-refractivity contribution in [2.75, 3.05) is 13.1 Å². The molecule has 0 atom stereocenters. The van der Waals surface area contributed by atoms with E-state index >= 15 is 0 Å². The molecule has 4 heteroatoms. The minimum Gasteiger partial charge on any atom is -0.490 e. The van der Waals surface area contributed by atoms with E-state index in [4.69, 9.17) is 4.74 Å². The third-order valence-corrected chi connectivity index (χ3v) is 6.93. The molecule has 0 radical (unpaired) electrons. The average Bonchev–Trinajstić information content (AvgIpc) is 2.58. The Morgan fingerprint density at radius 1 is 1.15 bits per heavy atom. The van der Waals surface area contributed by atoms with Crippen LogP contribution in [0.1, 0.15) is 70.8 Å². The first-order valence-corrected chi connectivity index (χ1v) is 10.5. The summed E-state index contributed by atoms with van der Waals surface area (Å²) in [5, 5.41) is 9.85. The Hall–Kier alpha value is -1.55. The summed E-state index contributed by atoms with van der Waals surface area (Å²) in [5.41, 5.74) is 1.05. The summed E-state index contributed by atoms with van der Waals surface area (Å²) in [6.07, 6.45) is 5.99. The van der Waals surface area contributed by atoms with E-state index in [9.17, 15) is 9.90 Å². The van der Waals surface area contributed by atoms with Crippen LogP contribution in [0.3, 0.4) is 0 Å². The van der Waals surface area contributed by atoms with Gasteiger partial charge in [0.15, 0.2) is 0 Å². The number of rotatable bonds is 4. The topological polar surface area (TPSA) is 49.8 Å². The van der Waals surface area contributed by atoms with Crippen LogP contribution in [0.15, 0.2) is 24.3 Å². The van der Waals surface area contributed by atoms with Gasteiger partial charge in [-0.05, 0) is 69.1 Å². The molecule has 1 spiro atoms. The largest absolute Gasteiger partial charge is 0.490 e. The Morgan fingerprint density at radius 2 is 1.74 bits per heavy atom. The van der Waals surface area contributed by atoms with Gasteiger partial charge in [-0.3, -0.25) is 4.79 Å². The van der Waals surface area contributed by atoms with Gasteiger partial charge in [-0.25, -0.2) is 0 Å². The van der Waals surface area contributed by atoms with Crippen molar-refractivity contribution in [1.29, 1.82) is 0 Å². The van der Waals surface area contributed by atoms with E-state index in [1.54, 1.807) is 0 Å². The molecular weight excluding hydrogens is 338 g/mol. The zero-order chi connectivity index (χ0) is 19.2. The summed E-state index contributed by atoms with van der Waals surface area (Å²) in [6, 6.07) is 8.52. The highest BCUT2D eigenvalue weighted by Gasteiger charge is 2.51. The van der Waals surface area contributed by atoms with E-state index in [0.29, 0.717) is 30.3 Å². The van der Waals surface area contributed by atoms with Crippen molar-refractivity contribution in [3.63, 3.8) is 0 Å². The number of carbonyl (C=O) groups is 1. The van der Waals surface area contributed by atoms with Crippen molar-refractivity contribution in [3.05, 3.63) is 29.8 Å². The first-order chi connectivity index (χ1) is 12.8. The predicted molar refractivity (Wildman–Crippen MR) is 106 cm³/mol. The Balaban J connectivity index is 1.22. The molecule has 1 aromatic rings. The molecule has 0 unspecified atom stereocenters. The molecule has 4 rings (SSSR count). The van der Waals surface area contributed by atoms with Gasteiger partial charge >= 0.3 is 0 Å². The summed E-state index contributed by atoms with van der Waals surface area (Å²) in [7, 11) is 0. The average molecular weight is 372 g/mol. The lowest BCUT2D eigenvalue weighted by atomic mass is 9.66. The fourth-order valence-electron chi connectivity index (χ4n) is 5.12. The molecular formula is C23H33NO3. The van der Waals surface area contributed by atoms with Crippen LogP contribution in [-0.2, 0) is 4.79 Å². The van der Waals surface area contributed by atoms with Gasteiger partial charge < -0.3 is 14.7 Å². The molecule has 1 aromatic carbocycles. The highest BCUT2D eigenvalue weighted by Crippen LogP contribution is 2.47. The zero-order valence-corrected chi connectivity index (χ0v) is 16.9. The number of ether oxygens (including phenoxy) is 1. The Bertz CT molecular complexity index is 670. The summed E-state index contributed by atoms with van der Waals surface area (Å²) in [5.74, 6) is 1.83. The number of nitrogens with zero attached hydrogens (tertiary/aromatic N) is 1. The van der Waals surface area contributed by atoms with Crippen molar-refractivity contribution in [1.82, 2.24) is 4.90 Å². The Kier molecular flexibility index (Phi) is 4.74. The number of hydrogen-bond acceptors (Lipinski definition) is 3. The molecule has 0 bridgehead atoms. The van der Waals surface area contributed by atoms with E-state index in [2.05, 4.69) is 38.1 Å². The number of hydrogen-bond donors (Lipinski definition) is 1. The van der Waals surface area contributed by atoms with Crippen molar-refractivity contribution in [2.24, 2.45) is 11.3 Å². The van der Waals surface area contributed by atoms with Gasteiger partial charge in [-0.15, -0.1) is 0 Å². The first kappa shape index (κ1) is 18.8. The van der Waals surface area contributed by atoms with Gasteiger partial charge in [0.2, 0.25) is 5.91 Å². The van der Waals surface area contributed by atoms with Crippen molar-refractivity contribution >= 4 is 5.91 Å². The number of benzene rings is 1. The molecule has 148 valence electrons. The van der Waals surface area contributed by atoms with Crippen LogP contribution >= 0.6 is 0 Å². The SMILES string of the molecule is CC(C)c1ccc(OC2CCC3(CC2)CN(C(=O)C2CC(C)(O)C2)C3)cc1. The highest BCUT2D eigenvalue weighted by atomic mass is 16.5. The smallest absolute Gasteiger partial charge is 0.225 e. The number of likely N-dealkylation sites (tertiary alicyclic amines) is 1. The van der Waals surface area contributed by atoms with Crippen LogP contribution in [0.2, 0.25) is 0 Å². The Morgan fingerprint density at radius 3 is 2.26 bits per heavy atom. The van der Waals surface area contributed by atoms with Gasteiger partial charge in [0, 0.05) is 24.4 Å². The Labute approximate surface area is 162 Å². The summed E-state index contributed by atoms with van der Waals surface area (Å²) in [6.45, 7) is 8.04. The molecule has 2 aliphatic carbocycles. The lowest BCUT2D eigenvalue weighted by Gasteiger charge is -2.55. The van der Waals surface area contributed by atoms with E-state index < -0.39 is 5.60 Å². The van der Waals surface area contributed by atoms with Gasteiger partial charge in [0.25, 0.3) is 0 Å². The molecule has 0 aromatic heterocycles. The maximum Gasteiger partial charge on any atom is 0.225 e. The monoisotopic (exact) mass is 371 g/mol. The maximum atomic E-state index is 12.5. The molecule has 1 amide bonds. The lowest BCUT2D eigenvalue weighted by Crippen LogP contribution is -2.63. The van der Waals surface area contributed by atoms with E-state index in [0.717, 1.165) is 44.5 Å². The second-order valence-corrected chi connectivity index (χ2v) is 9.84. The molecule has 1 aliphatic heterocycles. The number of aliphatic hydroxyl groups is 1. The first-order valence-electron chi connectivity index (χ1n) is 10.5. The van der Waals surface area contributed by atoms with E-state index in [1.807, 2.05) is 11.8 Å². The molecule has 1 heterocycles. The maximum absolute atomic E-state index is 12.5. The minimum absolute atomic E-state index is 0.0471. The van der Waals surface area contributed by atoms with E-state index in [1.165, 1.54) is 5.56 Å². The normalized spacial score (nSPS) is 30.1. The molecule has 4 nitrogen and oxygen atoms in total. The minimum atomic E-state index is -0.619. The van der Waals surface area contributed by atoms with Crippen LogP contribution < -0.4 is 4.74 Å². The highest BCUT2D eigenvalue weighted by molar-refractivity contribution is 5.81. The van der Waals surface area contributed by atoms with E-state index in [-0.39, 0.29) is 11.8 Å². The zero-order valence-electron chi connectivity index (χ0n) is 16.9. The van der Waals surface area contributed by atoms with Crippen LogP contribution in [0.5, 0.6) is 5.75 Å². The predicted octanol–water partition coefficient (Wildman–Crippen LogP) is 4.12. The van der Waals surface area contributed by atoms with Crippen LogP contribution in [-0.4, -0.2) is 40.7 Å². The van der Waals surface area contributed by atoms with Gasteiger partial charge in [0.1, 0.15) is 5.75 Å². The van der Waals surface area contributed by atoms with Crippen LogP contribution in [0.25, 0.3) is 0 Å². The van der Waals surface area contributed by atoms with Gasteiger partial charge in [-0.2, -0.15) is 0 Å². The fourth-order valence-corrected chi connectivity index (χ4v) is 5.12. The molecule has 1 saturated heterocycles. The molecule has 27 heavy (non-hydrogen) atoms. The van der Waals surface area contributed by atoms with Gasteiger partial charge in [0.05, 0.1) is 11.7 Å². The van der Waals surface area contributed by atoms with Crippen molar-refractivity contribution in [3.8, 4) is 5.75 Å².